The Labute approximate surface area is 182 Å². The summed E-state index contributed by atoms with van der Waals surface area (Å²) >= 11 is 0. The van der Waals surface area contributed by atoms with Crippen molar-refractivity contribution >= 4 is 23.2 Å². The molecule has 0 saturated carbocycles. The van der Waals surface area contributed by atoms with Crippen molar-refractivity contribution in [2.75, 3.05) is 64.1 Å². The van der Waals surface area contributed by atoms with Gasteiger partial charge >= 0.3 is 11.8 Å². The molecule has 166 valence electrons. The van der Waals surface area contributed by atoms with Gasteiger partial charge < -0.3 is 20.4 Å². The molecule has 1 unspecified atom stereocenters. The average Bonchev–Trinajstić information content (AvgIpc) is 2.75. The third-order valence-corrected chi connectivity index (χ3v) is 5.52. The summed E-state index contributed by atoms with van der Waals surface area (Å²) in [5.41, 5.74) is 2.43. The van der Waals surface area contributed by atoms with Gasteiger partial charge in [-0.15, -0.1) is 0 Å². The monoisotopic (exact) mass is 427 g/mol. The zero-order valence-corrected chi connectivity index (χ0v) is 18.3. The predicted molar refractivity (Wildman–Crippen MR) is 121 cm³/mol. The molecule has 2 N–H and O–H groups in total. The zero-order chi connectivity index (χ0) is 22.4. The van der Waals surface area contributed by atoms with Crippen molar-refractivity contribution in [2.45, 2.75) is 6.04 Å². The second-order valence-electron chi connectivity index (χ2n) is 8.02. The van der Waals surface area contributed by atoms with Gasteiger partial charge in [-0.05, 0) is 42.9 Å². The van der Waals surface area contributed by atoms with Crippen molar-refractivity contribution in [1.29, 1.82) is 0 Å². The lowest BCUT2D eigenvalue weighted by Crippen LogP contribution is -2.49. The molecule has 1 saturated heterocycles. The van der Waals surface area contributed by atoms with E-state index in [4.69, 9.17) is 0 Å². The predicted octanol–water partition coefficient (Wildman–Crippen LogP) is 1.94. The molecule has 2 aromatic carbocycles. The van der Waals surface area contributed by atoms with Gasteiger partial charge in [0.2, 0.25) is 0 Å². The van der Waals surface area contributed by atoms with Gasteiger partial charge in [0.15, 0.2) is 0 Å². The third-order valence-electron chi connectivity index (χ3n) is 5.52. The normalized spacial score (nSPS) is 15.9. The van der Waals surface area contributed by atoms with Crippen LogP contribution in [0.25, 0.3) is 0 Å². The van der Waals surface area contributed by atoms with Crippen LogP contribution in [0.4, 0.5) is 15.8 Å². The minimum Gasteiger partial charge on any atom is -0.378 e. The highest BCUT2D eigenvalue weighted by Gasteiger charge is 2.25. The number of amides is 2. The Balaban J connectivity index is 1.67. The number of hydrogen-bond donors (Lipinski definition) is 2. The topological polar surface area (TPSA) is 67.9 Å². The summed E-state index contributed by atoms with van der Waals surface area (Å²) in [7, 11) is 6.07. The summed E-state index contributed by atoms with van der Waals surface area (Å²) in [6.07, 6.45) is 0. The molecule has 3 rings (SSSR count). The number of hydrogen-bond acceptors (Lipinski definition) is 5. The third kappa shape index (κ3) is 6.26. The number of anilines is 2. The van der Waals surface area contributed by atoms with Crippen LogP contribution in [0.2, 0.25) is 0 Å². The molecule has 2 aromatic rings. The smallest absolute Gasteiger partial charge is 0.313 e. The number of halogens is 1. The van der Waals surface area contributed by atoms with Crippen LogP contribution in [0, 0.1) is 5.82 Å². The molecular formula is C23H30FN5O2. The second-order valence-corrected chi connectivity index (χ2v) is 8.02. The Bertz CT molecular complexity index is 895. The lowest BCUT2D eigenvalue weighted by atomic mass is 10.0. The molecule has 1 heterocycles. The van der Waals surface area contributed by atoms with Crippen LogP contribution >= 0.6 is 0 Å². The average molecular weight is 428 g/mol. The van der Waals surface area contributed by atoms with E-state index in [0.29, 0.717) is 6.54 Å². The molecule has 1 fully saturated rings. The molecule has 2 amide bonds. The van der Waals surface area contributed by atoms with E-state index < -0.39 is 17.6 Å². The first-order chi connectivity index (χ1) is 14.8. The van der Waals surface area contributed by atoms with Crippen LogP contribution in [0.1, 0.15) is 11.6 Å². The van der Waals surface area contributed by atoms with Crippen LogP contribution in [-0.4, -0.2) is 75.5 Å². The maximum absolute atomic E-state index is 13.3. The van der Waals surface area contributed by atoms with Crippen molar-refractivity contribution in [3.05, 3.63) is 59.9 Å². The van der Waals surface area contributed by atoms with E-state index in [-0.39, 0.29) is 11.7 Å². The minimum atomic E-state index is -0.814. The lowest BCUT2D eigenvalue weighted by molar-refractivity contribution is -0.136. The summed E-state index contributed by atoms with van der Waals surface area (Å²) < 4.78 is 13.3. The highest BCUT2D eigenvalue weighted by atomic mass is 19.1. The quantitative estimate of drug-likeness (QED) is 0.690. The van der Waals surface area contributed by atoms with E-state index in [1.807, 2.05) is 19.0 Å². The van der Waals surface area contributed by atoms with Crippen molar-refractivity contribution in [2.24, 2.45) is 0 Å². The van der Waals surface area contributed by atoms with Gasteiger partial charge in [-0.2, -0.15) is 0 Å². The molecule has 0 bridgehead atoms. The summed E-state index contributed by atoms with van der Waals surface area (Å²) in [5, 5.41) is 5.19. The molecule has 1 aliphatic heterocycles. The first-order valence-corrected chi connectivity index (χ1v) is 10.4. The molecular weight excluding hydrogens is 397 g/mol. The SMILES string of the molecule is CN1CCN(C(CNC(=O)C(=O)Nc2cccc(F)c2)c2ccc(N(C)C)cc2)CC1. The second kappa shape index (κ2) is 10.4. The Morgan fingerprint density at radius 2 is 1.71 bits per heavy atom. The largest absolute Gasteiger partial charge is 0.378 e. The van der Waals surface area contributed by atoms with Gasteiger partial charge in [-0.25, -0.2) is 4.39 Å². The Morgan fingerprint density at radius 3 is 2.32 bits per heavy atom. The van der Waals surface area contributed by atoms with Crippen molar-refractivity contribution in [3.8, 4) is 0 Å². The number of carbonyl (C=O) groups excluding carboxylic acids is 2. The molecule has 1 aliphatic rings. The van der Waals surface area contributed by atoms with Gasteiger partial charge in [0, 0.05) is 58.2 Å². The van der Waals surface area contributed by atoms with Crippen LogP contribution in [0.5, 0.6) is 0 Å². The van der Waals surface area contributed by atoms with Crippen molar-refractivity contribution < 1.29 is 14.0 Å². The number of rotatable bonds is 6. The van der Waals surface area contributed by atoms with E-state index in [1.165, 1.54) is 24.3 Å². The van der Waals surface area contributed by atoms with Gasteiger partial charge in [0.1, 0.15) is 5.82 Å². The molecule has 8 heteroatoms. The van der Waals surface area contributed by atoms with Gasteiger partial charge in [-0.1, -0.05) is 18.2 Å². The maximum Gasteiger partial charge on any atom is 0.313 e. The molecule has 0 aromatic heterocycles. The molecule has 31 heavy (non-hydrogen) atoms. The maximum atomic E-state index is 13.3. The first kappa shape index (κ1) is 22.7. The number of benzene rings is 2. The fraction of sp³-hybridized carbons (Fsp3) is 0.391. The van der Waals surface area contributed by atoms with Crippen LogP contribution < -0.4 is 15.5 Å². The molecule has 0 aliphatic carbocycles. The van der Waals surface area contributed by atoms with Crippen molar-refractivity contribution in [1.82, 2.24) is 15.1 Å². The highest BCUT2D eigenvalue weighted by molar-refractivity contribution is 6.39. The standard InChI is InChI=1S/C23H30FN5O2/c1-27(2)20-9-7-17(8-10-20)21(29-13-11-28(3)12-14-29)16-25-22(30)23(31)26-19-6-4-5-18(24)15-19/h4-10,15,21H,11-14,16H2,1-3H3,(H,25,30)(H,26,31). The molecule has 0 radical (unpaired) electrons. The van der Waals surface area contributed by atoms with Gasteiger partial charge in [0.05, 0.1) is 6.04 Å². The summed E-state index contributed by atoms with van der Waals surface area (Å²) in [5.74, 6) is -2.03. The van der Waals surface area contributed by atoms with Crippen LogP contribution in [-0.2, 0) is 9.59 Å². The van der Waals surface area contributed by atoms with E-state index >= 15 is 0 Å². The van der Waals surface area contributed by atoms with E-state index in [0.717, 1.165) is 37.4 Å². The minimum absolute atomic E-state index is 0.0455. The fourth-order valence-electron chi connectivity index (χ4n) is 3.61. The summed E-state index contributed by atoms with van der Waals surface area (Å²) in [4.78, 5) is 31.3. The molecule has 1 atom stereocenters. The number of likely N-dealkylation sites (N-methyl/N-ethyl adjacent to an activating group) is 1. The number of nitrogens with one attached hydrogen (secondary N) is 2. The number of piperazine rings is 1. The van der Waals surface area contributed by atoms with E-state index in [1.54, 1.807) is 0 Å². The highest BCUT2D eigenvalue weighted by Crippen LogP contribution is 2.24. The van der Waals surface area contributed by atoms with Gasteiger partial charge in [0.25, 0.3) is 0 Å². The lowest BCUT2D eigenvalue weighted by Gasteiger charge is -2.38. The van der Waals surface area contributed by atoms with Crippen LogP contribution in [0.3, 0.4) is 0 Å². The summed E-state index contributed by atoms with van der Waals surface area (Å²) in [6, 6.07) is 13.7. The first-order valence-electron chi connectivity index (χ1n) is 10.4. The van der Waals surface area contributed by atoms with Crippen LogP contribution in [0.15, 0.2) is 48.5 Å². The number of carbonyl (C=O) groups is 2. The molecule has 0 spiro atoms. The van der Waals surface area contributed by atoms with Gasteiger partial charge in [-0.3, -0.25) is 14.5 Å². The Morgan fingerprint density at radius 1 is 1.03 bits per heavy atom. The zero-order valence-electron chi connectivity index (χ0n) is 18.3. The van der Waals surface area contributed by atoms with E-state index in [2.05, 4.69) is 51.7 Å². The molecule has 7 nitrogen and oxygen atoms in total. The van der Waals surface area contributed by atoms with Crippen molar-refractivity contribution in [3.63, 3.8) is 0 Å². The Kier molecular flexibility index (Phi) is 7.59. The van der Waals surface area contributed by atoms with E-state index in [9.17, 15) is 14.0 Å². The number of nitrogens with zero attached hydrogens (tertiary/aromatic N) is 3. The fourth-order valence-corrected chi connectivity index (χ4v) is 3.61. The summed E-state index contributed by atoms with van der Waals surface area (Å²) in [6.45, 7) is 3.95. The Hall–Kier alpha value is -2.97.